The minimum atomic E-state index is -1.00. The van der Waals surface area contributed by atoms with E-state index in [0.717, 1.165) is 0 Å². The second-order valence-electron chi connectivity index (χ2n) is 4.97. The number of rotatable bonds is 6. The van der Waals surface area contributed by atoms with E-state index in [1.165, 1.54) is 44.4 Å². The molecule has 0 radical (unpaired) electrons. The molecule has 1 N–H and O–H groups in total. The second kappa shape index (κ2) is 7.93. The largest absolute Gasteiger partial charge is 0.494 e. The first-order chi connectivity index (χ1) is 11.8. The van der Waals surface area contributed by atoms with E-state index in [-0.39, 0.29) is 22.9 Å². The fourth-order valence-corrected chi connectivity index (χ4v) is 2.28. The highest BCUT2D eigenvalue weighted by molar-refractivity contribution is 9.10. The molecule has 1 atom stereocenters. The smallest absolute Gasteiger partial charge is 0.273 e. The lowest BCUT2D eigenvalue weighted by Gasteiger charge is -2.16. The summed E-state index contributed by atoms with van der Waals surface area (Å²) in [5.41, 5.74) is 0.0703. The maximum Gasteiger partial charge on any atom is 0.273 e. The number of nitrogens with zero attached hydrogens (tertiary/aromatic N) is 1. The highest BCUT2D eigenvalue weighted by Crippen LogP contribution is 2.29. The maximum atomic E-state index is 13.8. The van der Waals surface area contributed by atoms with Crippen LogP contribution in [-0.2, 0) is 4.79 Å². The summed E-state index contributed by atoms with van der Waals surface area (Å²) in [4.78, 5) is 22.4. The third kappa shape index (κ3) is 4.66. The monoisotopic (exact) mass is 412 g/mol. The molecular weight excluding hydrogens is 399 g/mol. The van der Waals surface area contributed by atoms with Crippen LogP contribution in [0.25, 0.3) is 0 Å². The molecule has 25 heavy (non-hydrogen) atoms. The molecule has 0 spiro atoms. The van der Waals surface area contributed by atoms with Crippen LogP contribution in [0.5, 0.6) is 11.5 Å². The Kier molecular flexibility index (Phi) is 5.92. The number of hydrogen-bond donors (Lipinski definition) is 1. The Bertz CT molecular complexity index is 815. The van der Waals surface area contributed by atoms with Crippen LogP contribution < -0.4 is 14.8 Å². The van der Waals surface area contributed by atoms with Gasteiger partial charge in [0.2, 0.25) is 0 Å². The van der Waals surface area contributed by atoms with Gasteiger partial charge in [-0.15, -0.1) is 0 Å². The molecule has 0 aliphatic rings. The number of anilines is 1. The number of non-ortho nitro benzene ring substituents is 1. The van der Waals surface area contributed by atoms with Gasteiger partial charge in [-0.3, -0.25) is 14.9 Å². The van der Waals surface area contributed by atoms with Crippen molar-refractivity contribution in [2.45, 2.75) is 13.0 Å². The van der Waals surface area contributed by atoms with Crippen molar-refractivity contribution in [1.29, 1.82) is 0 Å². The van der Waals surface area contributed by atoms with Gasteiger partial charge in [0.05, 0.1) is 23.8 Å². The number of hydrogen-bond acceptors (Lipinski definition) is 5. The number of amides is 1. The van der Waals surface area contributed by atoms with Gasteiger partial charge >= 0.3 is 0 Å². The summed E-state index contributed by atoms with van der Waals surface area (Å²) in [6.45, 7) is 1.45. The molecule has 2 aromatic carbocycles. The number of ether oxygens (including phenoxy) is 2. The van der Waals surface area contributed by atoms with Crippen molar-refractivity contribution in [2.75, 3.05) is 12.4 Å². The fourth-order valence-electron chi connectivity index (χ4n) is 1.95. The van der Waals surface area contributed by atoms with E-state index in [1.54, 1.807) is 6.07 Å². The zero-order chi connectivity index (χ0) is 18.6. The van der Waals surface area contributed by atoms with E-state index in [4.69, 9.17) is 9.47 Å². The molecule has 0 fully saturated rings. The van der Waals surface area contributed by atoms with E-state index in [0.29, 0.717) is 4.47 Å². The number of carbonyl (C=O) groups excluding carboxylic acids is 1. The Balaban J connectivity index is 2.11. The molecule has 0 saturated heterocycles. The van der Waals surface area contributed by atoms with Gasteiger partial charge < -0.3 is 14.8 Å². The van der Waals surface area contributed by atoms with Crippen LogP contribution in [0.15, 0.2) is 40.9 Å². The molecular formula is C16H14BrFN2O5. The molecule has 9 heteroatoms. The van der Waals surface area contributed by atoms with Crippen LogP contribution in [0.3, 0.4) is 0 Å². The third-order valence-corrected chi connectivity index (χ3v) is 3.71. The molecule has 0 unspecified atom stereocenters. The first-order valence-corrected chi connectivity index (χ1v) is 7.86. The standard InChI is InChI=1S/C16H14BrFN2O5/c1-9(25-14-6-3-10(17)7-12(14)18)16(21)19-13-5-4-11(20(22)23)8-15(13)24-2/h3-9H,1-2H3,(H,19,21)/t9-/m0/s1. The van der Waals surface area contributed by atoms with Crippen molar-refractivity contribution in [2.24, 2.45) is 0 Å². The van der Waals surface area contributed by atoms with E-state index in [1.807, 2.05) is 0 Å². The summed E-state index contributed by atoms with van der Waals surface area (Å²) >= 11 is 3.13. The van der Waals surface area contributed by atoms with Crippen LogP contribution in [-0.4, -0.2) is 24.0 Å². The molecule has 2 rings (SSSR count). The Morgan fingerprint density at radius 2 is 2.00 bits per heavy atom. The lowest BCUT2D eigenvalue weighted by molar-refractivity contribution is -0.384. The van der Waals surface area contributed by atoms with Crippen LogP contribution in [0.4, 0.5) is 15.8 Å². The number of nitro benzene ring substituents is 1. The molecule has 0 heterocycles. The van der Waals surface area contributed by atoms with Gasteiger partial charge in [-0.25, -0.2) is 4.39 Å². The predicted molar refractivity (Wildman–Crippen MR) is 92.5 cm³/mol. The van der Waals surface area contributed by atoms with Gasteiger partial charge in [0.15, 0.2) is 17.7 Å². The van der Waals surface area contributed by atoms with Crippen molar-refractivity contribution in [3.63, 3.8) is 0 Å². The number of nitro groups is 1. The number of methoxy groups -OCH3 is 1. The van der Waals surface area contributed by atoms with E-state index in [2.05, 4.69) is 21.2 Å². The lowest BCUT2D eigenvalue weighted by atomic mass is 10.2. The maximum absolute atomic E-state index is 13.8. The number of carbonyl (C=O) groups is 1. The van der Waals surface area contributed by atoms with Gasteiger partial charge in [-0.2, -0.15) is 0 Å². The Hall–Kier alpha value is -2.68. The molecule has 0 aromatic heterocycles. The van der Waals surface area contributed by atoms with Gasteiger partial charge in [0, 0.05) is 10.5 Å². The van der Waals surface area contributed by atoms with Crippen molar-refractivity contribution < 1.29 is 23.6 Å². The normalized spacial score (nSPS) is 11.5. The molecule has 1 amide bonds. The Morgan fingerprint density at radius 3 is 2.60 bits per heavy atom. The summed E-state index contributed by atoms with van der Waals surface area (Å²) in [6.07, 6.45) is -1.00. The first kappa shape index (κ1) is 18.7. The highest BCUT2D eigenvalue weighted by Gasteiger charge is 2.19. The van der Waals surface area contributed by atoms with Crippen molar-refractivity contribution >= 4 is 33.2 Å². The van der Waals surface area contributed by atoms with Crippen LogP contribution in [0, 0.1) is 15.9 Å². The predicted octanol–water partition coefficient (Wildman–Crippen LogP) is 3.91. The third-order valence-electron chi connectivity index (χ3n) is 3.22. The average molecular weight is 413 g/mol. The van der Waals surface area contributed by atoms with Crippen LogP contribution in [0.2, 0.25) is 0 Å². The average Bonchev–Trinajstić information content (AvgIpc) is 2.57. The highest BCUT2D eigenvalue weighted by atomic mass is 79.9. The minimum absolute atomic E-state index is 0.0680. The SMILES string of the molecule is COc1cc([N+](=O)[O-])ccc1NC(=O)[C@H](C)Oc1ccc(Br)cc1F. The Morgan fingerprint density at radius 1 is 1.28 bits per heavy atom. The molecule has 132 valence electrons. The van der Waals surface area contributed by atoms with E-state index in [9.17, 15) is 19.3 Å². The molecule has 2 aromatic rings. The second-order valence-corrected chi connectivity index (χ2v) is 5.88. The Labute approximate surface area is 151 Å². The molecule has 0 saturated carbocycles. The number of nitrogens with one attached hydrogen (secondary N) is 1. The van der Waals surface area contributed by atoms with E-state index >= 15 is 0 Å². The molecule has 0 bridgehead atoms. The first-order valence-electron chi connectivity index (χ1n) is 7.07. The van der Waals surface area contributed by atoms with Gasteiger partial charge in [0.1, 0.15) is 5.75 Å². The number of benzene rings is 2. The van der Waals surface area contributed by atoms with Crippen molar-refractivity contribution in [3.8, 4) is 11.5 Å². The topological polar surface area (TPSA) is 90.7 Å². The van der Waals surface area contributed by atoms with Gasteiger partial charge in [0.25, 0.3) is 11.6 Å². The lowest BCUT2D eigenvalue weighted by Crippen LogP contribution is -2.30. The molecule has 0 aliphatic carbocycles. The zero-order valence-corrected chi connectivity index (χ0v) is 14.9. The fraction of sp³-hybridized carbons (Fsp3) is 0.188. The van der Waals surface area contributed by atoms with E-state index < -0.39 is 22.8 Å². The van der Waals surface area contributed by atoms with Crippen molar-refractivity contribution in [3.05, 3.63) is 56.8 Å². The summed E-state index contributed by atoms with van der Waals surface area (Å²) in [7, 11) is 1.33. The summed E-state index contributed by atoms with van der Waals surface area (Å²) in [5, 5.41) is 13.3. The quantitative estimate of drug-likeness (QED) is 0.573. The molecule has 7 nitrogen and oxygen atoms in total. The number of halogens is 2. The summed E-state index contributed by atoms with van der Waals surface area (Å²) in [5.74, 6) is -1.11. The van der Waals surface area contributed by atoms with Crippen molar-refractivity contribution in [1.82, 2.24) is 0 Å². The van der Waals surface area contributed by atoms with Crippen LogP contribution in [0.1, 0.15) is 6.92 Å². The minimum Gasteiger partial charge on any atom is -0.494 e. The van der Waals surface area contributed by atoms with Gasteiger partial charge in [-0.1, -0.05) is 15.9 Å². The summed E-state index contributed by atoms with van der Waals surface area (Å²) < 4.78 is 24.7. The summed E-state index contributed by atoms with van der Waals surface area (Å²) in [6, 6.07) is 7.98. The van der Waals surface area contributed by atoms with Crippen LogP contribution >= 0.6 is 15.9 Å². The zero-order valence-electron chi connectivity index (χ0n) is 13.3. The molecule has 0 aliphatic heterocycles. The van der Waals surface area contributed by atoms with Gasteiger partial charge in [-0.05, 0) is 31.2 Å².